The van der Waals surface area contributed by atoms with Crippen LogP contribution in [0.3, 0.4) is 0 Å². The van der Waals surface area contributed by atoms with Crippen molar-refractivity contribution < 1.29 is 14.7 Å². The molecule has 5 aromatic rings. The van der Waals surface area contributed by atoms with Gasteiger partial charge in [-0.15, -0.1) is 0 Å². The molecule has 2 unspecified atom stereocenters. The number of para-hydroxylation sites is 2. The molecule has 9 nitrogen and oxygen atoms in total. The molecule has 1 amide bonds. The molecule has 9 heteroatoms. The second-order valence-electron chi connectivity index (χ2n) is 8.82. The van der Waals surface area contributed by atoms with Crippen molar-refractivity contribution in [1.29, 1.82) is 0 Å². The quantitative estimate of drug-likeness (QED) is 0.262. The van der Waals surface area contributed by atoms with Crippen LogP contribution >= 0.6 is 0 Å². The van der Waals surface area contributed by atoms with Gasteiger partial charge in [-0.05, 0) is 29.3 Å². The molecule has 0 saturated heterocycles. The molecule has 2 heterocycles. The Hall–Kier alpha value is -4.92. The van der Waals surface area contributed by atoms with Gasteiger partial charge in [0, 0.05) is 29.9 Å². The maximum absolute atomic E-state index is 13.6. The number of fused-ring (bicyclic) bond motifs is 2. The number of hydrogen-bond donors (Lipinski definition) is 4. The highest BCUT2D eigenvalue weighted by molar-refractivity contribution is 5.88. The summed E-state index contributed by atoms with van der Waals surface area (Å²) in [4.78, 5) is 57.9. The molecule has 3 aromatic carbocycles. The molecule has 2 atom stereocenters. The van der Waals surface area contributed by atoms with Crippen LogP contribution in [-0.4, -0.2) is 37.6 Å². The lowest BCUT2D eigenvalue weighted by Gasteiger charge is -2.22. The van der Waals surface area contributed by atoms with Crippen LogP contribution in [0, 0.1) is 0 Å². The molecular weight excluding hydrogens is 472 g/mol. The van der Waals surface area contributed by atoms with Crippen LogP contribution < -0.4 is 16.6 Å². The number of hydrogen-bond acceptors (Lipinski definition) is 4. The molecule has 2 aromatic heterocycles. The maximum Gasteiger partial charge on any atom is 0.329 e. The van der Waals surface area contributed by atoms with Crippen molar-refractivity contribution in [1.82, 2.24) is 19.9 Å². The van der Waals surface area contributed by atoms with Crippen LogP contribution in [0.4, 0.5) is 0 Å². The number of aliphatic carboxylic acids is 1. The van der Waals surface area contributed by atoms with E-state index in [0.29, 0.717) is 11.1 Å². The van der Waals surface area contributed by atoms with Gasteiger partial charge >= 0.3 is 11.7 Å². The molecule has 5 rings (SSSR count). The number of carbonyl (C=O) groups is 2. The number of nitrogens with zero attached hydrogens (tertiary/aromatic N) is 1. The Morgan fingerprint density at radius 2 is 1.49 bits per heavy atom. The lowest BCUT2D eigenvalue weighted by atomic mass is 10.0. The minimum atomic E-state index is -1.28. The molecule has 0 aliphatic rings. The fraction of sp³-hybridized carbons (Fsp3) is 0.143. The highest BCUT2D eigenvalue weighted by Gasteiger charge is 2.30. The molecule has 0 aliphatic heterocycles. The fourth-order valence-electron chi connectivity index (χ4n) is 4.59. The van der Waals surface area contributed by atoms with Gasteiger partial charge in [-0.1, -0.05) is 60.7 Å². The van der Waals surface area contributed by atoms with E-state index >= 15 is 0 Å². The van der Waals surface area contributed by atoms with Gasteiger partial charge in [0.15, 0.2) is 0 Å². The molecular formula is C28H24N4O5. The number of H-pyrrole nitrogens is 2. The summed E-state index contributed by atoms with van der Waals surface area (Å²) in [5, 5.41) is 13.6. The fourth-order valence-corrected chi connectivity index (χ4v) is 4.59. The second-order valence-corrected chi connectivity index (χ2v) is 8.82. The zero-order chi connectivity index (χ0) is 25.9. The number of carboxylic acid groups (broad SMARTS) is 1. The van der Waals surface area contributed by atoms with Gasteiger partial charge in [-0.25, -0.2) is 14.2 Å². The molecule has 0 bridgehead atoms. The summed E-state index contributed by atoms with van der Waals surface area (Å²) < 4.78 is 0.870. The summed E-state index contributed by atoms with van der Waals surface area (Å²) in [6, 6.07) is 20.4. The first-order valence-corrected chi connectivity index (χ1v) is 11.8. The average molecular weight is 497 g/mol. The Morgan fingerprint density at radius 1 is 0.838 bits per heavy atom. The first-order chi connectivity index (χ1) is 17.9. The van der Waals surface area contributed by atoms with E-state index in [9.17, 15) is 24.3 Å². The first kappa shape index (κ1) is 23.8. The van der Waals surface area contributed by atoms with E-state index in [4.69, 9.17) is 0 Å². The zero-order valence-electron chi connectivity index (χ0n) is 19.7. The van der Waals surface area contributed by atoms with Gasteiger partial charge in [0.2, 0.25) is 5.91 Å². The van der Waals surface area contributed by atoms with Crippen molar-refractivity contribution in [3.05, 3.63) is 117 Å². The van der Waals surface area contributed by atoms with Crippen molar-refractivity contribution in [2.75, 3.05) is 0 Å². The van der Waals surface area contributed by atoms with Crippen LogP contribution in [0.15, 0.2) is 94.6 Å². The summed E-state index contributed by atoms with van der Waals surface area (Å²) in [6.45, 7) is 0. The second kappa shape index (κ2) is 9.98. The number of rotatable bonds is 8. The molecule has 0 fully saturated rings. The van der Waals surface area contributed by atoms with Crippen molar-refractivity contribution in [2.24, 2.45) is 0 Å². The van der Waals surface area contributed by atoms with Crippen molar-refractivity contribution in [3.8, 4) is 0 Å². The topological polar surface area (TPSA) is 137 Å². The lowest BCUT2D eigenvalue weighted by Crippen LogP contribution is -2.50. The normalized spacial score (nSPS) is 12.9. The third kappa shape index (κ3) is 4.79. The molecule has 0 spiro atoms. The van der Waals surface area contributed by atoms with Crippen LogP contribution in [0.1, 0.15) is 17.2 Å². The number of benzene rings is 3. The van der Waals surface area contributed by atoms with Gasteiger partial charge in [0.1, 0.15) is 12.1 Å². The van der Waals surface area contributed by atoms with E-state index < -0.39 is 35.2 Å². The van der Waals surface area contributed by atoms with Crippen molar-refractivity contribution in [2.45, 2.75) is 24.9 Å². The molecule has 186 valence electrons. The van der Waals surface area contributed by atoms with Gasteiger partial charge in [0.25, 0.3) is 5.56 Å². The largest absolute Gasteiger partial charge is 0.480 e. The minimum Gasteiger partial charge on any atom is -0.480 e. The monoisotopic (exact) mass is 496 g/mol. The summed E-state index contributed by atoms with van der Waals surface area (Å²) in [6.07, 6.45) is 1.76. The Balaban J connectivity index is 1.52. The third-order valence-electron chi connectivity index (χ3n) is 6.44. The van der Waals surface area contributed by atoms with E-state index in [1.54, 1.807) is 54.7 Å². The van der Waals surface area contributed by atoms with E-state index in [1.165, 1.54) is 0 Å². The number of aromatic amines is 2. The van der Waals surface area contributed by atoms with Crippen LogP contribution in [0.2, 0.25) is 0 Å². The summed E-state index contributed by atoms with van der Waals surface area (Å²) in [5.74, 6) is -1.96. The van der Waals surface area contributed by atoms with Gasteiger partial charge in [0.05, 0.1) is 10.9 Å². The SMILES string of the molecule is O=C(O)C(Cc1c[nH]c2ccccc12)NC(=O)C(Cc1ccccc1)n1c(=O)[nH]c2ccccc2c1=O. The van der Waals surface area contributed by atoms with Gasteiger partial charge in [-0.3, -0.25) is 9.59 Å². The number of carbonyl (C=O) groups excluding carboxylic acids is 1. The lowest BCUT2D eigenvalue weighted by molar-refractivity contribution is -0.142. The predicted octanol–water partition coefficient (Wildman–Crippen LogP) is 2.77. The Bertz CT molecular complexity index is 1720. The third-order valence-corrected chi connectivity index (χ3v) is 6.44. The average Bonchev–Trinajstić information content (AvgIpc) is 3.31. The maximum atomic E-state index is 13.6. The van der Waals surface area contributed by atoms with Crippen LogP contribution in [-0.2, 0) is 22.4 Å². The molecule has 0 radical (unpaired) electrons. The minimum absolute atomic E-state index is 0.0200. The number of amides is 1. The number of carboxylic acids is 1. The number of nitrogens with one attached hydrogen (secondary N) is 3. The highest BCUT2D eigenvalue weighted by Crippen LogP contribution is 2.20. The summed E-state index contributed by atoms with van der Waals surface area (Å²) in [5.41, 5.74) is 1.27. The molecule has 37 heavy (non-hydrogen) atoms. The van der Waals surface area contributed by atoms with E-state index in [0.717, 1.165) is 21.0 Å². The van der Waals surface area contributed by atoms with E-state index in [-0.39, 0.29) is 18.2 Å². The summed E-state index contributed by atoms with van der Waals surface area (Å²) >= 11 is 0. The summed E-state index contributed by atoms with van der Waals surface area (Å²) in [7, 11) is 0. The first-order valence-electron chi connectivity index (χ1n) is 11.8. The van der Waals surface area contributed by atoms with Gasteiger partial charge < -0.3 is 20.4 Å². The predicted molar refractivity (Wildman–Crippen MR) is 140 cm³/mol. The smallest absolute Gasteiger partial charge is 0.329 e. The Kier molecular flexibility index (Phi) is 6.42. The standard InChI is InChI=1S/C28H24N4O5/c33-25(30-23(27(35)36)15-18-16-29-21-12-6-4-10-19(18)21)24(14-17-8-2-1-3-9-17)32-26(34)20-11-5-7-13-22(20)31-28(32)37/h1-13,16,23-24,29H,14-15H2,(H,30,33)(H,31,37)(H,35,36). The molecule has 0 saturated carbocycles. The molecule has 0 aliphatic carbocycles. The number of aromatic nitrogens is 3. The van der Waals surface area contributed by atoms with Crippen molar-refractivity contribution >= 4 is 33.7 Å². The van der Waals surface area contributed by atoms with E-state index in [1.807, 2.05) is 30.3 Å². The zero-order valence-corrected chi connectivity index (χ0v) is 19.7. The molecule has 4 N–H and O–H groups in total. The van der Waals surface area contributed by atoms with Crippen LogP contribution in [0.5, 0.6) is 0 Å². The highest BCUT2D eigenvalue weighted by atomic mass is 16.4. The Morgan fingerprint density at radius 3 is 2.22 bits per heavy atom. The van der Waals surface area contributed by atoms with E-state index in [2.05, 4.69) is 15.3 Å². The van der Waals surface area contributed by atoms with Crippen LogP contribution in [0.25, 0.3) is 21.8 Å². The van der Waals surface area contributed by atoms with Gasteiger partial charge in [-0.2, -0.15) is 0 Å². The van der Waals surface area contributed by atoms with Crippen molar-refractivity contribution in [3.63, 3.8) is 0 Å². The Labute approximate surface area is 210 Å².